The Kier molecular flexibility index (Phi) is 9.97. The molecule has 0 fully saturated rings. The molecule has 0 atom stereocenters. The predicted molar refractivity (Wildman–Crippen MR) is 269 cm³/mol. The van der Waals surface area contributed by atoms with Crippen LogP contribution in [0, 0.1) is 0 Å². The van der Waals surface area contributed by atoms with E-state index in [2.05, 4.69) is 266 Å². The summed E-state index contributed by atoms with van der Waals surface area (Å²) in [5.41, 5.74) is 17.8. The summed E-state index contributed by atoms with van der Waals surface area (Å²) in [5, 5.41) is 4.83. The normalized spacial score (nSPS) is 11.2. The minimum Gasteiger partial charge on any atom is -0.310 e. The molecular weight excluding hydrogens is 759 g/mol. The zero-order chi connectivity index (χ0) is 42.0. The first-order valence-electron chi connectivity index (χ1n) is 21.7. The Balaban J connectivity index is 1.16. The number of hydrogen-bond donors (Lipinski definition) is 0. The molecule has 1 nitrogen and oxygen atoms in total. The zero-order valence-corrected chi connectivity index (χ0v) is 34.8. The lowest BCUT2D eigenvalue weighted by atomic mass is 9.77. The van der Waals surface area contributed by atoms with E-state index in [-0.39, 0.29) is 0 Å². The van der Waals surface area contributed by atoms with E-state index in [0.717, 1.165) is 17.1 Å². The van der Waals surface area contributed by atoms with Crippen molar-refractivity contribution >= 4 is 38.6 Å². The summed E-state index contributed by atoms with van der Waals surface area (Å²) in [6, 6.07) is 94.7. The van der Waals surface area contributed by atoms with Crippen molar-refractivity contribution in [2.24, 2.45) is 0 Å². The van der Waals surface area contributed by atoms with Gasteiger partial charge in [-0.25, -0.2) is 0 Å². The van der Waals surface area contributed by atoms with E-state index in [1.165, 1.54) is 88.3 Å². The second-order valence-electron chi connectivity index (χ2n) is 16.0. The number of hydrogen-bond acceptors (Lipinski definition) is 1. The van der Waals surface area contributed by atoms with Gasteiger partial charge in [-0.15, -0.1) is 0 Å². The van der Waals surface area contributed by atoms with Crippen molar-refractivity contribution in [2.45, 2.75) is 0 Å². The van der Waals surface area contributed by atoms with Gasteiger partial charge >= 0.3 is 0 Å². The summed E-state index contributed by atoms with van der Waals surface area (Å²) in [7, 11) is 0. The van der Waals surface area contributed by atoms with E-state index in [1.54, 1.807) is 0 Å². The SMILES string of the molecule is c1ccc(-c2ccc(N(c3ccccc3)c3ccc4ccc(-c5cccc6c(-c7ccccc7)c(-c7ccccc7)c(-c7ccccc7)c(-c7ccccc7)c56)cc4c3)cc2)cc1. The van der Waals surface area contributed by atoms with Crippen LogP contribution in [0.1, 0.15) is 0 Å². The number of anilines is 3. The van der Waals surface area contributed by atoms with Gasteiger partial charge in [0.2, 0.25) is 0 Å². The topological polar surface area (TPSA) is 3.24 Å². The zero-order valence-electron chi connectivity index (χ0n) is 34.8. The maximum absolute atomic E-state index is 2.39. The third kappa shape index (κ3) is 7.16. The molecule has 11 aromatic carbocycles. The second-order valence-corrected chi connectivity index (χ2v) is 16.0. The van der Waals surface area contributed by atoms with Crippen LogP contribution >= 0.6 is 0 Å². The van der Waals surface area contributed by atoms with E-state index >= 15 is 0 Å². The molecule has 0 amide bonds. The van der Waals surface area contributed by atoms with Gasteiger partial charge in [0.15, 0.2) is 0 Å². The van der Waals surface area contributed by atoms with E-state index < -0.39 is 0 Å². The minimum absolute atomic E-state index is 1.10. The van der Waals surface area contributed by atoms with Crippen molar-refractivity contribution < 1.29 is 0 Å². The lowest BCUT2D eigenvalue weighted by Gasteiger charge is -2.26. The van der Waals surface area contributed by atoms with E-state index in [0.29, 0.717) is 0 Å². The van der Waals surface area contributed by atoms with Gasteiger partial charge in [-0.1, -0.05) is 218 Å². The molecule has 0 aliphatic rings. The van der Waals surface area contributed by atoms with E-state index in [4.69, 9.17) is 0 Å². The number of para-hydroxylation sites is 1. The van der Waals surface area contributed by atoms with Crippen LogP contribution in [-0.2, 0) is 0 Å². The van der Waals surface area contributed by atoms with Gasteiger partial charge < -0.3 is 4.90 Å². The Morgan fingerprint density at radius 1 is 0.222 bits per heavy atom. The van der Waals surface area contributed by atoms with Crippen molar-refractivity contribution in [1.82, 2.24) is 0 Å². The Bertz CT molecular complexity index is 3330. The Morgan fingerprint density at radius 2 is 0.635 bits per heavy atom. The van der Waals surface area contributed by atoms with Crippen molar-refractivity contribution in [3.63, 3.8) is 0 Å². The molecule has 0 aromatic heterocycles. The Labute approximate surface area is 369 Å². The third-order valence-corrected chi connectivity index (χ3v) is 12.2. The summed E-state index contributed by atoms with van der Waals surface area (Å²) >= 11 is 0. The summed E-state index contributed by atoms with van der Waals surface area (Å²) in [6.07, 6.45) is 0. The first kappa shape index (κ1) is 37.7. The van der Waals surface area contributed by atoms with Crippen molar-refractivity contribution in [2.75, 3.05) is 4.90 Å². The molecule has 0 unspecified atom stereocenters. The van der Waals surface area contributed by atoms with Crippen LogP contribution in [0.5, 0.6) is 0 Å². The predicted octanol–water partition coefficient (Wildman–Crippen LogP) is 17.5. The second kappa shape index (κ2) is 16.7. The average molecular weight is 802 g/mol. The van der Waals surface area contributed by atoms with Gasteiger partial charge in [0, 0.05) is 17.1 Å². The van der Waals surface area contributed by atoms with Gasteiger partial charge in [-0.2, -0.15) is 0 Å². The fraction of sp³-hybridized carbons (Fsp3) is 0. The standard InChI is InChI=1S/C62H43N/c1-7-20-44(21-8-1)45-36-39-54(40-37-45)63(53-30-17-6-18-31-53)55-41-38-46-34-35-51(42-52(46)43-55)56-32-19-33-57-58(47-22-9-2-10-23-47)59(48-24-11-3-12-25-48)60(49-26-13-4-14-27-49)61(62(56)57)50-28-15-5-16-29-50/h1-43H. The van der Waals surface area contributed by atoms with E-state index in [9.17, 15) is 0 Å². The van der Waals surface area contributed by atoms with Gasteiger partial charge in [0.1, 0.15) is 0 Å². The lowest BCUT2D eigenvalue weighted by molar-refractivity contribution is 1.29. The Hall–Kier alpha value is -8.26. The first-order chi connectivity index (χ1) is 31.3. The number of fused-ring (bicyclic) bond motifs is 2. The fourth-order valence-corrected chi connectivity index (χ4v) is 9.36. The number of benzene rings is 11. The lowest BCUT2D eigenvalue weighted by Crippen LogP contribution is -2.09. The molecule has 0 saturated heterocycles. The molecule has 0 heterocycles. The summed E-state index contributed by atoms with van der Waals surface area (Å²) in [4.78, 5) is 2.36. The first-order valence-corrected chi connectivity index (χ1v) is 21.7. The number of rotatable bonds is 9. The quantitative estimate of drug-likeness (QED) is 0.141. The molecule has 0 N–H and O–H groups in total. The molecule has 11 rings (SSSR count). The molecule has 0 aliphatic carbocycles. The summed E-state index contributed by atoms with van der Waals surface area (Å²) in [5.74, 6) is 0. The molecule has 0 radical (unpaired) electrons. The summed E-state index contributed by atoms with van der Waals surface area (Å²) < 4.78 is 0. The largest absolute Gasteiger partial charge is 0.310 e. The maximum atomic E-state index is 2.39. The molecule has 11 aromatic rings. The third-order valence-electron chi connectivity index (χ3n) is 12.2. The van der Waals surface area contributed by atoms with Gasteiger partial charge in [-0.05, 0) is 131 Å². The molecule has 63 heavy (non-hydrogen) atoms. The highest BCUT2D eigenvalue weighted by Crippen LogP contribution is 2.53. The van der Waals surface area contributed by atoms with Crippen LogP contribution in [0.4, 0.5) is 17.1 Å². The Morgan fingerprint density at radius 3 is 1.21 bits per heavy atom. The van der Waals surface area contributed by atoms with Crippen LogP contribution in [0.15, 0.2) is 261 Å². The minimum atomic E-state index is 1.10. The summed E-state index contributed by atoms with van der Waals surface area (Å²) in [6.45, 7) is 0. The number of nitrogens with zero attached hydrogens (tertiary/aromatic N) is 1. The van der Waals surface area contributed by atoms with Crippen LogP contribution in [0.25, 0.3) is 88.3 Å². The molecular formula is C62H43N. The molecule has 0 bridgehead atoms. The monoisotopic (exact) mass is 801 g/mol. The van der Waals surface area contributed by atoms with Crippen LogP contribution in [-0.4, -0.2) is 0 Å². The average Bonchev–Trinajstić information content (AvgIpc) is 3.37. The van der Waals surface area contributed by atoms with Crippen molar-refractivity contribution in [1.29, 1.82) is 0 Å². The fourth-order valence-electron chi connectivity index (χ4n) is 9.36. The van der Waals surface area contributed by atoms with Gasteiger partial charge in [-0.3, -0.25) is 0 Å². The van der Waals surface area contributed by atoms with Gasteiger partial charge in [0.25, 0.3) is 0 Å². The molecule has 0 saturated carbocycles. The highest BCUT2D eigenvalue weighted by Gasteiger charge is 2.26. The van der Waals surface area contributed by atoms with E-state index in [1.807, 2.05) is 0 Å². The maximum Gasteiger partial charge on any atom is 0.0468 e. The van der Waals surface area contributed by atoms with Crippen molar-refractivity contribution in [3.05, 3.63) is 261 Å². The van der Waals surface area contributed by atoms with Crippen LogP contribution < -0.4 is 4.90 Å². The van der Waals surface area contributed by atoms with Crippen molar-refractivity contribution in [3.8, 4) is 66.8 Å². The highest BCUT2D eigenvalue weighted by atomic mass is 15.1. The highest BCUT2D eigenvalue weighted by molar-refractivity contribution is 6.22. The molecule has 0 aliphatic heterocycles. The molecule has 0 spiro atoms. The smallest absolute Gasteiger partial charge is 0.0468 e. The van der Waals surface area contributed by atoms with Crippen LogP contribution in [0.2, 0.25) is 0 Å². The molecule has 1 heteroatoms. The van der Waals surface area contributed by atoms with Gasteiger partial charge in [0.05, 0.1) is 0 Å². The van der Waals surface area contributed by atoms with Crippen LogP contribution in [0.3, 0.4) is 0 Å². The molecule has 296 valence electrons.